The van der Waals surface area contributed by atoms with Crippen molar-refractivity contribution >= 4 is 29.2 Å². The SMILES string of the molecule is N#C/C(=C/Nc1cc(Cl)ccc1O)C(=O)NCCCCCC(=O)O. The highest BCUT2D eigenvalue weighted by atomic mass is 35.5. The van der Waals surface area contributed by atoms with Crippen molar-refractivity contribution in [1.29, 1.82) is 5.26 Å². The summed E-state index contributed by atoms with van der Waals surface area (Å²) in [6, 6.07) is 6.13. The minimum atomic E-state index is -0.843. The van der Waals surface area contributed by atoms with E-state index < -0.39 is 11.9 Å². The standard InChI is InChI=1S/C16H18ClN3O4/c17-12-5-6-14(21)13(8-12)20-10-11(9-18)16(24)19-7-3-1-2-4-15(22)23/h5-6,8,10,20-21H,1-4,7H2,(H,19,24)(H,22,23)/b11-10-. The molecule has 0 bridgehead atoms. The van der Waals surface area contributed by atoms with E-state index in [2.05, 4.69) is 10.6 Å². The van der Waals surface area contributed by atoms with Crippen LogP contribution in [0.15, 0.2) is 30.0 Å². The summed E-state index contributed by atoms with van der Waals surface area (Å²) < 4.78 is 0. The molecule has 0 radical (unpaired) electrons. The molecular formula is C16H18ClN3O4. The Morgan fingerprint density at radius 1 is 1.29 bits per heavy atom. The lowest BCUT2D eigenvalue weighted by atomic mass is 10.2. The number of amides is 1. The Kier molecular flexibility index (Phi) is 8.16. The summed E-state index contributed by atoms with van der Waals surface area (Å²) in [5, 5.41) is 32.8. The van der Waals surface area contributed by atoms with Gasteiger partial charge in [-0.2, -0.15) is 5.26 Å². The molecular weight excluding hydrogens is 334 g/mol. The average molecular weight is 352 g/mol. The zero-order valence-electron chi connectivity index (χ0n) is 12.9. The normalized spacial score (nSPS) is 10.8. The molecule has 0 unspecified atom stereocenters. The lowest BCUT2D eigenvalue weighted by Gasteiger charge is -2.06. The van der Waals surface area contributed by atoms with Crippen LogP contribution in [0.4, 0.5) is 5.69 Å². The van der Waals surface area contributed by atoms with Gasteiger partial charge in [-0.05, 0) is 31.0 Å². The first-order valence-electron chi connectivity index (χ1n) is 7.29. The van der Waals surface area contributed by atoms with Crippen LogP contribution in [0.5, 0.6) is 5.75 Å². The summed E-state index contributed by atoms with van der Waals surface area (Å²) in [5.41, 5.74) is 0.122. The molecule has 7 nitrogen and oxygen atoms in total. The van der Waals surface area contributed by atoms with Crippen LogP contribution in [0.3, 0.4) is 0 Å². The van der Waals surface area contributed by atoms with E-state index >= 15 is 0 Å². The van der Waals surface area contributed by atoms with Crippen molar-refractivity contribution in [2.45, 2.75) is 25.7 Å². The number of aliphatic carboxylic acids is 1. The van der Waals surface area contributed by atoms with E-state index in [1.165, 1.54) is 24.4 Å². The topological polar surface area (TPSA) is 122 Å². The smallest absolute Gasteiger partial charge is 0.303 e. The largest absolute Gasteiger partial charge is 0.506 e. The third-order valence-electron chi connectivity index (χ3n) is 3.05. The summed E-state index contributed by atoms with van der Waals surface area (Å²) >= 11 is 5.81. The number of aromatic hydroxyl groups is 1. The molecule has 128 valence electrons. The predicted molar refractivity (Wildman–Crippen MR) is 89.5 cm³/mol. The van der Waals surface area contributed by atoms with Crippen molar-refractivity contribution in [3.63, 3.8) is 0 Å². The number of nitrogens with one attached hydrogen (secondary N) is 2. The zero-order valence-corrected chi connectivity index (χ0v) is 13.6. The van der Waals surface area contributed by atoms with Gasteiger partial charge in [0.05, 0.1) is 5.69 Å². The van der Waals surface area contributed by atoms with Gasteiger partial charge in [-0.1, -0.05) is 18.0 Å². The summed E-state index contributed by atoms with van der Waals surface area (Å²) in [7, 11) is 0. The molecule has 0 saturated carbocycles. The predicted octanol–water partition coefficient (Wildman–Crippen LogP) is 2.63. The third-order valence-corrected chi connectivity index (χ3v) is 3.28. The number of benzene rings is 1. The molecule has 1 amide bonds. The van der Waals surface area contributed by atoms with Gasteiger partial charge in [0.15, 0.2) is 0 Å². The fourth-order valence-corrected chi connectivity index (χ4v) is 1.97. The number of carboxylic acids is 1. The van der Waals surface area contributed by atoms with E-state index in [0.29, 0.717) is 30.8 Å². The molecule has 0 spiro atoms. The molecule has 0 saturated heterocycles. The van der Waals surface area contributed by atoms with Gasteiger partial charge in [0.2, 0.25) is 0 Å². The Morgan fingerprint density at radius 3 is 2.71 bits per heavy atom. The van der Waals surface area contributed by atoms with Crippen LogP contribution in [0, 0.1) is 11.3 Å². The molecule has 4 N–H and O–H groups in total. The molecule has 0 heterocycles. The summed E-state index contributed by atoms with van der Waals surface area (Å²) in [6.07, 6.45) is 3.13. The monoisotopic (exact) mass is 351 g/mol. The van der Waals surface area contributed by atoms with E-state index in [-0.39, 0.29) is 23.4 Å². The molecule has 0 aliphatic rings. The van der Waals surface area contributed by atoms with Crippen LogP contribution < -0.4 is 10.6 Å². The first kappa shape index (κ1) is 19.3. The van der Waals surface area contributed by atoms with Crippen molar-refractivity contribution in [3.05, 3.63) is 35.0 Å². The number of halogens is 1. The summed E-state index contributed by atoms with van der Waals surface area (Å²) in [4.78, 5) is 22.2. The number of phenolic OH excluding ortho intramolecular Hbond substituents is 1. The van der Waals surface area contributed by atoms with Gasteiger partial charge in [-0.15, -0.1) is 0 Å². The van der Waals surface area contributed by atoms with Crippen LogP contribution >= 0.6 is 11.6 Å². The maximum absolute atomic E-state index is 11.9. The first-order valence-corrected chi connectivity index (χ1v) is 7.67. The molecule has 24 heavy (non-hydrogen) atoms. The molecule has 0 aliphatic heterocycles. The van der Waals surface area contributed by atoms with Gasteiger partial charge < -0.3 is 20.8 Å². The Labute approximate surface area is 144 Å². The minimum Gasteiger partial charge on any atom is -0.506 e. The van der Waals surface area contributed by atoms with Gasteiger partial charge >= 0.3 is 5.97 Å². The molecule has 0 fully saturated rings. The number of anilines is 1. The molecule has 1 aromatic rings. The van der Waals surface area contributed by atoms with Crippen LogP contribution in [0.1, 0.15) is 25.7 Å². The van der Waals surface area contributed by atoms with Gasteiger partial charge in [-0.25, -0.2) is 0 Å². The molecule has 1 aromatic carbocycles. The van der Waals surface area contributed by atoms with Gasteiger partial charge in [-0.3, -0.25) is 9.59 Å². The zero-order chi connectivity index (χ0) is 17.9. The fraction of sp³-hybridized carbons (Fsp3) is 0.312. The Morgan fingerprint density at radius 2 is 2.04 bits per heavy atom. The average Bonchev–Trinajstić information content (AvgIpc) is 2.54. The second-order valence-corrected chi connectivity index (χ2v) is 5.37. The third kappa shape index (κ3) is 7.03. The molecule has 0 atom stereocenters. The molecule has 0 aromatic heterocycles. The van der Waals surface area contributed by atoms with Crippen LogP contribution in [0.2, 0.25) is 5.02 Å². The summed E-state index contributed by atoms with van der Waals surface area (Å²) in [6.45, 7) is 0.347. The van der Waals surface area contributed by atoms with Gasteiger partial charge in [0.1, 0.15) is 17.4 Å². The molecule has 0 aliphatic carbocycles. The number of hydrogen-bond donors (Lipinski definition) is 4. The highest BCUT2D eigenvalue weighted by molar-refractivity contribution is 6.30. The number of carboxylic acid groups (broad SMARTS) is 1. The van der Waals surface area contributed by atoms with E-state index in [1.807, 2.05) is 0 Å². The highest BCUT2D eigenvalue weighted by Gasteiger charge is 2.09. The maximum atomic E-state index is 11.9. The highest BCUT2D eigenvalue weighted by Crippen LogP contribution is 2.26. The number of phenols is 1. The van der Waals surface area contributed by atoms with Gasteiger partial charge in [0, 0.05) is 24.2 Å². The first-order chi connectivity index (χ1) is 11.4. The number of rotatable bonds is 9. The number of hydrogen-bond acceptors (Lipinski definition) is 5. The Hall–Kier alpha value is -2.72. The van der Waals surface area contributed by atoms with E-state index in [1.54, 1.807) is 6.07 Å². The Bertz CT molecular complexity index is 668. The van der Waals surface area contributed by atoms with Crippen molar-refractivity contribution in [1.82, 2.24) is 5.32 Å². The molecule has 1 rings (SSSR count). The quantitative estimate of drug-likeness (QED) is 0.235. The second-order valence-electron chi connectivity index (χ2n) is 4.94. The fourth-order valence-electron chi connectivity index (χ4n) is 1.80. The maximum Gasteiger partial charge on any atom is 0.303 e. The van der Waals surface area contributed by atoms with Crippen molar-refractivity contribution < 1.29 is 19.8 Å². The Balaban J connectivity index is 2.47. The second kappa shape index (κ2) is 10.1. The number of nitrogens with zero attached hydrogens (tertiary/aromatic N) is 1. The number of nitriles is 1. The van der Waals surface area contributed by atoms with Crippen molar-refractivity contribution in [2.24, 2.45) is 0 Å². The van der Waals surface area contributed by atoms with E-state index in [0.717, 1.165) is 0 Å². The van der Waals surface area contributed by atoms with E-state index in [4.69, 9.17) is 22.0 Å². The lowest BCUT2D eigenvalue weighted by molar-refractivity contribution is -0.137. The van der Waals surface area contributed by atoms with Crippen molar-refractivity contribution in [2.75, 3.05) is 11.9 Å². The van der Waals surface area contributed by atoms with Gasteiger partial charge in [0.25, 0.3) is 5.91 Å². The van der Waals surface area contributed by atoms with Crippen LogP contribution in [-0.4, -0.2) is 28.6 Å². The number of unbranched alkanes of at least 4 members (excludes halogenated alkanes) is 2. The number of carbonyl (C=O) groups is 2. The summed E-state index contributed by atoms with van der Waals surface area (Å²) in [5.74, 6) is -1.46. The van der Waals surface area contributed by atoms with Crippen LogP contribution in [0.25, 0.3) is 0 Å². The minimum absolute atomic E-state index is 0.0632. The van der Waals surface area contributed by atoms with Crippen molar-refractivity contribution in [3.8, 4) is 11.8 Å². The van der Waals surface area contributed by atoms with Crippen LogP contribution in [-0.2, 0) is 9.59 Å². The van der Waals surface area contributed by atoms with E-state index in [9.17, 15) is 14.7 Å². The lowest BCUT2D eigenvalue weighted by Crippen LogP contribution is -2.26. The number of carbonyl (C=O) groups excluding carboxylic acids is 1. The molecule has 8 heteroatoms.